The molecule has 1 atom stereocenters. The van der Waals surface area contributed by atoms with E-state index in [1.54, 1.807) is 45.9 Å². The molecule has 2 aromatic rings. The van der Waals surface area contributed by atoms with Crippen molar-refractivity contribution in [1.29, 1.82) is 0 Å². The topological polar surface area (TPSA) is 91.4 Å². The van der Waals surface area contributed by atoms with Crippen LogP contribution in [0, 0.1) is 20.8 Å². The van der Waals surface area contributed by atoms with E-state index in [0.29, 0.717) is 27.5 Å². The van der Waals surface area contributed by atoms with Gasteiger partial charge in [0, 0.05) is 22.0 Å². The molecule has 3 N–H and O–H groups in total. The Morgan fingerprint density at radius 2 is 1.96 bits per heavy atom. The minimum absolute atomic E-state index is 0.236. The third kappa shape index (κ3) is 4.21. The fraction of sp³-hybridized carbons (Fsp3) is 0.333. The molecule has 0 aliphatic rings. The third-order valence-corrected chi connectivity index (χ3v) is 4.40. The second-order valence-corrected chi connectivity index (χ2v) is 6.28. The van der Waals surface area contributed by atoms with Gasteiger partial charge in [-0.05, 0) is 51.0 Å². The predicted octanol–water partition coefficient (Wildman–Crippen LogP) is 3.44. The zero-order valence-electron chi connectivity index (χ0n) is 14.6. The zero-order chi connectivity index (χ0) is 18.7. The molecule has 6 nitrogen and oxygen atoms in total. The normalized spacial score (nSPS) is 11.9. The van der Waals surface area contributed by atoms with Crippen LogP contribution in [0.1, 0.15) is 45.9 Å². The van der Waals surface area contributed by atoms with Gasteiger partial charge in [0.05, 0.1) is 6.10 Å². The summed E-state index contributed by atoms with van der Waals surface area (Å²) in [5.41, 5.74) is 3.51. The van der Waals surface area contributed by atoms with E-state index in [1.807, 2.05) is 0 Å². The van der Waals surface area contributed by atoms with Gasteiger partial charge in [0.25, 0.3) is 5.91 Å². The summed E-state index contributed by atoms with van der Waals surface area (Å²) in [5, 5.41) is 13.0. The van der Waals surface area contributed by atoms with Crippen molar-refractivity contribution >= 4 is 29.2 Å². The molecule has 2 rings (SSSR count). The van der Waals surface area contributed by atoms with E-state index in [1.165, 1.54) is 0 Å². The highest BCUT2D eigenvalue weighted by Crippen LogP contribution is 2.25. The van der Waals surface area contributed by atoms with E-state index in [2.05, 4.69) is 10.3 Å². The molecule has 0 spiro atoms. The number of aliphatic hydroxyl groups excluding tert-OH is 1. The Labute approximate surface area is 151 Å². The third-order valence-electron chi connectivity index (χ3n) is 3.99. The van der Waals surface area contributed by atoms with Crippen molar-refractivity contribution < 1.29 is 19.4 Å². The van der Waals surface area contributed by atoms with Crippen LogP contribution in [-0.4, -0.2) is 28.6 Å². The summed E-state index contributed by atoms with van der Waals surface area (Å²) in [6, 6.07) is 5.16. The van der Waals surface area contributed by atoms with E-state index in [4.69, 9.17) is 16.3 Å². The number of nitrogens with one attached hydrogen (secondary N) is 2. The molecule has 0 saturated heterocycles. The lowest BCUT2D eigenvalue weighted by Crippen LogP contribution is -2.21. The molecule has 0 fully saturated rings. The minimum atomic E-state index is -0.702. The smallest absolute Gasteiger partial charge is 0.355 e. The number of esters is 1. The van der Waals surface area contributed by atoms with Crippen LogP contribution in [0.3, 0.4) is 0 Å². The maximum absolute atomic E-state index is 12.2. The molecular weight excluding hydrogens is 344 g/mol. The molecule has 1 amide bonds. The minimum Gasteiger partial charge on any atom is -0.451 e. The summed E-state index contributed by atoms with van der Waals surface area (Å²) in [4.78, 5) is 27.1. The number of rotatable bonds is 5. The van der Waals surface area contributed by atoms with Gasteiger partial charge in [-0.15, -0.1) is 0 Å². The number of hydrogen-bond acceptors (Lipinski definition) is 4. The zero-order valence-corrected chi connectivity index (χ0v) is 15.3. The first kappa shape index (κ1) is 19.0. The molecule has 1 aromatic carbocycles. The molecule has 7 heteroatoms. The van der Waals surface area contributed by atoms with Gasteiger partial charge in [0.15, 0.2) is 6.61 Å². The summed E-state index contributed by atoms with van der Waals surface area (Å²) >= 11 is 6.00. The Morgan fingerprint density at radius 3 is 2.56 bits per heavy atom. The van der Waals surface area contributed by atoms with Crippen molar-refractivity contribution in [3.05, 3.63) is 51.3 Å². The fourth-order valence-electron chi connectivity index (χ4n) is 2.73. The van der Waals surface area contributed by atoms with Crippen LogP contribution in [0.4, 0.5) is 5.69 Å². The summed E-state index contributed by atoms with van der Waals surface area (Å²) in [6.07, 6.45) is -0.702. The van der Waals surface area contributed by atoms with Crippen LogP contribution < -0.4 is 5.32 Å². The lowest BCUT2D eigenvalue weighted by molar-refractivity contribution is -0.119. The number of aromatic amines is 1. The number of hydrogen-bond donors (Lipinski definition) is 3. The second-order valence-electron chi connectivity index (χ2n) is 5.88. The molecule has 25 heavy (non-hydrogen) atoms. The molecule has 0 saturated carbocycles. The van der Waals surface area contributed by atoms with Crippen LogP contribution in [0.2, 0.25) is 5.02 Å². The van der Waals surface area contributed by atoms with Crippen molar-refractivity contribution in [2.75, 3.05) is 11.9 Å². The number of aliphatic hydroxyl groups is 1. The maximum atomic E-state index is 12.2. The molecular formula is C18H21ClN2O4. The average Bonchev–Trinajstić information content (AvgIpc) is 2.84. The molecule has 1 heterocycles. The summed E-state index contributed by atoms with van der Waals surface area (Å²) in [6.45, 7) is 6.47. The first-order valence-corrected chi connectivity index (χ1v) is 8.19. The Kier molecular flexibility index (Phi) is 5.87. The van der Waals surface area contributed by atoms with E-state index in [9.17, 15) is 14.7 Å². The Bertz CT molecular complexity index is 812. The highest BCUT2D eigenvalue weighted by atomic mass is 35.5. The number of benzene rings is 1. The molecule has 1 aromatic heterocycles. The number of carbonyl (C=O) groups excluding carboxylic acids is 2. The first-order valence-electron chi connectivity index (χ1n) is 7.81. The number of carbonyl (C=O) groups is 2. The molecule has 0 radical (unpaired) electrons. The molecule has 0 bridgehead atoms. The average molecular weight is 365 g/mol. The number of anilines is 1. The Morgan fingerprint density at radius 1 is 1.28 bits per heavy atom. The van der Waals surface area contributed by atoms with Gasteiger partial charge >= 0.3 is 5.97 Å². The van der Waals surface area contributed by atoms with Crippen molar-refractivity contribution in [2.24, 2.45) is 0 Å². The highest BCUT2D eigenvalue weighted by Gasteiger charge is 2.21. The number of H-pyrrole nitrogens is 1. The SMILES string of the molecule is Cc1[nH]c(C(=O)OCC(=O)Nc2cccc(Cl)c2C)c(C)c1[C@H](C)O. The number of amides is 1. The predicted molar refractivity (Wildman–Crippen MR) is 96.0 cm³/mol. The van der Waals surface area contributed by atoms with Crippen LogP contribution >= 0.6 is 11.6 Å². The number of aromatic nitrogens is 1. The van der Waals surface area contributed by atoms with Gasteiger partial charge in [-0.25, -0.2) is 4.79 Å². The van der Waals surface area contributed by atoms with Gasteiger partial charge in [0.2, 0.25) is 0 Å². The van der Waals surface area contributed by atoms with Gasteiger partial charge in [-0.1, -0.05) is 17.7 Å². The van der Waals surface area contributed by atoms with Gasteiger partial charge in [-0.2, -0.15) is 0 Å². The van der Waals surface area contributed by atoms with Crippen LogP contribution in [-0.2, 0) is 9.53 Å². The largest absolute Gasteiger partial charge is 0.451 e. The van der Waals surface area contributed by atoms with E-state index < -0.39 is 24.6 Å². The Balaban J connectivity index is 2.02. The van der Waals surface area contributed by atoms with E-state index in [-0.39, 0.29) is 5.69 Å². The van der Waals surface area contributed by atoms with Crippen molar-refractivity contribution in [2.45, 2.75) is 33.8 Å². The van der Waals surface area contributed by atoms with Crippen molar-refractivity contribution in [1.82, 2.24) is 4.98 Å². The lowest BCUT2D eigenvalue weighted by atomic mass is 10.1. The second kappa shape index (κ2) is 7.72. The molecule has 134 valence electrons. The molecule has 0 unspecified atom stereocenters. The van der Waals surface area contributed by atoms with Crippen molar-refractivity contribution in [3.63, 3.8) is 0 Å². The maximum Gasteiger partial charge on any atom is 0.355 e. The standard InChI is InChI=1S/C18H21ClN2O4/c1-9-13(19)6-5-7-14(9)21-15(23)8-25-18(24)17-10(2)16(12(4)22)11(3)20-17/h5-7,12,20,22H,8H2,1-4H3,(H,21,23)/t12-/m0/s1. The van der Waals surface area contributed by atoms with Crippen LogP contribution in [0.15, 0.2) is 18.2 Å². The first-order chi connectivity index (χ1) is 11.7. The van der Waals surface area contributed by atoms with Crippen molar-refractivity contribution in [3.8, 4) is 0 Å². The fourth-order valence-corrected chi connectivity index (χ4v) is 2.90. The summed E-state index contributed by atoms with van der Waals surface area (Å²) in [7, 11) is 0. The van der Waals surface area contributed by atoms with Gasteiger partial charge in [-0.3, -0.25) is 4.79 Å². The van der Waals surface area contributed by atoms with Crippen LogP contribution in [0.25, 0.3) is 0 Å². The van der Waals surface area contributed by atoms with Gasteiger partial charge < -0.3 is 20.1 Å². The summed E-state index contributed by atoms with van der Waals surface area (Å²) in [5.74, 6) is -1.11. The number of halogens is 1. The molecule has 0 aliphatic carbocycles. The molecule has 0 aliphatic heterocycles. The van der Waals surface area contributed by atoms with Gasteiger partial charge in [0.1, 0.15) is 5.69 Å². The Hall–Kier alpha value is -2.31. The lowest BCUT2D eigenvalue weighted by Gasteiger charge is -2.10. The van der Waals surface area contributed by atoms with E-state index >= 15 is 0 Å². The number of ether oxygens (including phenoxy) is 1. The monoisotopic (exact) mass is 364 g/mol. The highest BCUT2D eigenvalue weighted by molar-refractivity contribution is 6.31. The summed E-state index contributed by atoms with van der Waals surface area (Å²) < 4.78 is 5.06. The quantitative estimate of drug-likeness (QED) is 0.709. The van der Waals surface area contributed by atoms with E-state index in [0.717, 1.165) is 5.56 Å². The van der Waals surface area contributed by atoms with Crippen LogP contribution in [0.5, 0.6) is 0 Å². The number of aryl methyl sites for hydroxylation is 1.